The molecule has 22 heavy (non-hydrogen) atoms. The molecule has 2 aromatic rings. The molecule has 2 aromatic carbocycles. The van der Waals surface area contributed by atoms with Crippen LogP contribution in [0.3, 0.4) is 0 Å². The monoisotopic (exact) mass is 319 g/mol. The molecule has 0 atom stereocenters. The lowest BCUT2D eigenvalue weighted by atomic mass is 10.1. The Morgan fingerprint density at radius 3 is 2.09 bits per heavy atom. The zero-order chi connectivity index (χ0) is 16.1. The normalized spacial score (nSPS) is 12.3. The fourth-order valence-corrected chi connectivity index (χ4v) is 3.08. The number of hydrogen-bond acceptors (Lipinski definition) is 3. The third-order valence-electron chi connectivity index (χ3n) is 3.21. The molecule has 0 aliphatic carbocycles. The van der Waals surface area contributed by atoms with E-state index in [1.165, 1.54) is 0 Å². The van der Waals surface area contributed by atoms with Crippen LogP contribution < -0.4 is 4.72 Å². The topological polar surface area (TPSA) is 55.4 Å². The maximum Gasteiger partial charge on any atom is 0.240 e. The van der Waals surface area contributed by atoms with Crippen LogP contribution in [0.15, 0.2) is 65.6 Å². The second-order valence-electron chi connectivity index (χ2n) is 5.67. The Kier molecular flexibility index (Phi) is 5.34. The number of ether oxygens (including phenoxy) is 1. The first-order chi connectivity index (χ1) is 10.4. The fraction of sp³-hybridized carbons (Fsp3) is 0.294. The molecule has 0 amide bonds. The molecule has 0 saturated carbocycles. The molecule has 0 heterocycles. The smallest absolute Gasteiger partial charge is 0.240 e. The molecule has 0 spiro atoms. The minimum Gasteiger partial charge on any atom is -0.370 e. The van der Waals surface area contributed by atoms with Gasteiger partial charge in [-0.05, 0) is 31.5 Å². The Hall–Kier alpha value is -1.69. The number of hydrogen-bond donors (Lipinski definition) is 1. The maximum absolute atomic E-state index is 12.2. The van der Waals surface area contributed by atoms with Crippen LogP contribution in [0.5, 0.6) is 0 Å². The lowest BCUT2D eigenvalue weighted by molar-refractivity contribution is -0.0246. The van der Waals surface area contributed by atoms with Crippen molar-refractivity contribution in [2.24, 2.45) is 0 Å². The van der Waals surface area contributed by atoms with E-state index in [4.69, 9.17) is 4.74 Å². The van der Waals surface area contributed by atoms with Gasteiger partial charge >= 0.3 is 0 Å². The van der Waals surface area contributed by atoms with Crippen LogP contribution in [0.1, 0.15) is 19.4 Å². The number of nitrogens with one attached hydrogen (secondary N) is 1. The van der Waals surface area contributed by atoms with Crippen molar-refractivity contribution < 1.29 is 13.2 Å². The van der Waals surface area contributed by atoms with Gasteiger partial charge in [-0.25, -0.2) is 13.1 Å². The summed E-state index contributed by atoms with van der Waals surface area (Å²) in [5, 5.41) is 0. The Labute approximate surface area is 132 Å². The van der Waals surface area contributed by atoms with Crippen LogP contribution in [0.25, 0.3) is 0 Å². The van der Waals surface area contributed by atoms with E-state index < -0.39 is 15.6 Å². The summed E-state index contributed by atoms with van der Waals surface area (Å²) in [6, 6.07) is 18.1. The highest BCUT2D eigenvalue weighted by Gasteiger charge is 2.22. The largest absolute Gasteiger partial charge is 0.370 e. The van der Waals surface area contributed by atoms with E-state index in [1.54, 1.807) is 30.3 Å². The van der Waals surface area contributed by atoms with Crippen LogP contribution in [0.2, 0.25) is 0 Å². The van der Waals surface area contributed by atoms with E-state index in [1.807, 2.05) is 44.2 Å². The highest BCUT2D eigenvalue weighted by molar-refractivity contribution is 7.89. The van der Waals surface area contributed by atoms with E-state index in [0.29, 0.717) is 6.61 Å². The molecular formula is C17H21NO3S. The summed E-state index contributed by atoms with van der Waals surface area (Å²) in [5.74, 6) is 0. The van der Waals surface area contributed by atoms with Crippen LogP contribution in [-0.2, 0) is 21.4 Å². The van der Waals surface area contributed by atoms with E-state index in [0.717, 1.165) is 5.56 Å². The van der Waals surface area contributed by atoms with E-state index in [-0.39, 0.29) is 11.4 Å². The van der Waals surface area contributed by atoms with Gasteiger partial charge in [0.1, 0.15) is 0 Å². The summed E-state index contributed by atoms with van der Waals surface area (Å²) in [6.45, 7) is 4.38. The van der Waals surface area contributed by atoms with Crippen LogP contribution in [-0.4, -0.2) is 20.6 Å². The van der Waals surface area contributed by atoms with Gasteiger partial charge in [0.05, 0.1) is 17.1 Å². The Bertz CT molecular complexity index is 682. The third-order valence-corrected chi connectivity index (χ3v) is 4.63. The molecule has 0 radical (unpaired) electrons. The summed E-state index contributed by atoms with van der Waals surface area (Å²) >= 11 is 0. The number of rotatable bonds is 7. The van der Waals surface area contributed by atoms with Gasteiger partial charge in [0.15, 0.2) is 0 Å². The van der Waals surface area contributed by atoms with Crippen LogP contribution in [0, 0.1) is 0 Å². The van der Waals surface area contributed by atoms with Crippen molar-refractivity contribution >= 4 is 10.0 Å². The lowest BCUT2D eigenvalue weighted by Crippen LogP contribution is -2.40. The highest BCUT2D eigenvalue weighted by atomic mass is 32.2. The second-order valence-corrected chi connectivity index (χ2v) is 7.44. The molecule has 0 aliphatic rings. The standard InChI is InChI=1S/C17H21NO3S/c1-17(2,21-13-15-9-5-3-6-10-15)14-18-22(19,20)16-11-7-4-8-12-16/h3-12,18H,13-14H2,1-2H3. The molecule has 0 unspecified atom stereocenters. The lowest BCUT2D eigenvalue weighted by Gasteiger charge is -2.25. The number of benzene rings is 2. The summed E-state index contributed by atoms with van der Waals surface area (Å²) in [5.41, 5.74) is 0.457. The van der Waals surface area contributed by atoms with Crippen molar-refractivity contribution in [3.63, 3.8) is 0 Å². The summed E-state index contributed by atoms with van der Waals surface area (Å²) in [7, 11) is -3.51. The molecule has 0 aromatic heterocycles. The third kappa shape index (κ3) is 4.94. The molecule has 0 bridgehead atoms. The van der Waals surface area contributed by atoms with Gasteiger partial charge in [-0.15, -0.1) is 0 Å². The molecule has 1 N–H and O–H groups in total. The molecule has 0 aliphatic heterocycles. The van der Waals surface area contributed by atoms with Gasteiger partial charge in [0.25, 0.3) is 0 Å². The Morgan fingerprint density at radius 1 is 0.955 bits per heavy atom. The minimum atomic E-state index is -3.51. The average molecular weight is 319 g/mol. The molecule has 0 fully saturated rings. The van der Waals surface area contributed by atoms with Gasteiger partial charge in [-0.3, -0.25) is 0 Å². The highest BCUT2D eigenvalue weighted by Crippen LogP contribution is 2.14. The first kappa shape index (κ1) is 16.7. The molecule has 0 saturated heterocycles. The van der Waals surface area contributed by atoms with Crippen molar-refractivity contribution in [3.8, 4) is 0 Å². The van der Waals surface area contributed by atoms with Gasteiger partial charge in [-0.2, -0.15) is 0 Å². The zero-order valence-corrected chi connectivity index (χ0v) is 13.6. The Morgan fingerprint density at radius 2 is 1.50 bits per heavy atom. The van der Waals surface area contributed by atoms with Crippen LogP contribution >= 0.6 is 0 Å². The first-order valence-corrected chi connectivity index (χ1v) is 8.60. The van der Waals surface area contributed by atoms with E-state index in [9.17, 15) is 8.42 Å². The van der Waals surface area contributed by atoms with Crippen molar-refractivity contribution in [1.29, 1.82) is 0 Å². The second kappa shape index (κ2) is 7.05. The van der Waals surface area contributed by atoms with E-state index in [2.05, 4.69) is 4.72 Å². The predicted molar refractivity (Wildman–Crippen MR) is 86.9 cm³/mol. The number of sulfonamides is 1. The molecule has 118 valence electrons. The quantitative estimate of drug-likeness (QED) is 0.853. The van der Waals surface area contributed by atoms with Crippen molar-refractivity contribution in [3.05, 3.63) is 66.2 Å². The Balaban J connectivity index is 1.92. The van der Waals surface area contributed by atoms with Crippen LogP contribution in [0.4, 0.5) is 0 Å². The SMILES string of the molecule is CC(C)(CNS(=O)(=O)c1ccccc1)OCc1ccccc1. The van der Waals surface area contributed by atoms with Gasteiger partial charge < -0.3 is 4.74 Å². The van der Waals surface area contributed by atoms with Gasteiger partial charge in [0.2, 0.25) is 10.0 Å². The summed E-state index contributed by atoms with van der Waals surface area (Å²) < 4.78 is 32.8. The van der Waals surface area contributed by atoms with Gasteiger partial charge in [-0.1, -0.05) is 48.5 Å². The van der Waals surface area contributed by atoms with Crippen molar-refractivity contribution in [2.75, 3.05) is 6.54 Å². The summed E-state index contributed by atoms with van der Waals surface area (Å²) in [4.78, 5) is 0.258. The first-order valence-electron chi connectivity index (χ1n) is 7.12. The summed E-state index contributed by atoms with van der Waals surface area (Å²) in [6.07, 6.45) is 0. The predicted octanol–water partition coefficient (Wildman–Crippen LogP) is 2.96. The van der Waals surface area contributed by atoms with Gasteiger partial charge in [0, 0.05) is 6.54 Å². The minimum absolute atomic E-state index is 0.205. The zero-order valence-electron chi connectivity index (χ0n) is 12.8. The fourth-order valence-electron chi connectivity index (χ4n) is 1.86. The van der Waals surface area contributed by atoms with Crippen molar-refractivity contribution in [1.82, 2.24) is 4.72 Å². The molecule has 2 rings (SSSR count). The average Bonchev–Trinajstić information content (AvgIpc) is 2.53. The molecule has 5 heteroatoms. The van der Waals surface area contributed by atoms with Crippen molar-refractivity contribution in [2.45, 2.75) is 31.0 Å². The molecule has 4 nitrogen and oxygen atoms in total. The molecular weight excluding hydrogens is 298 g/mol. The maximum atomic E-state index is 12.2. The van der Waals surface area contributed by atoms with E-state index >= 15 is 0 Å².